The Hall–Kier alpha value is -4.53. The largest absolute Gasteiger partial charge is 0.483 e. The van der Waals surface area contributed by atoms with Gasteiger partial charge in [0, 0.05) is 36.6 Å². The van der Waals surface area contributed by atoms with Gasteiger partial charge in [-0.05, 0) is 25.0 Å². The summed E-state index contributed by atoms with van der Waals surface area (Å²) in [6, 6.07) is 11.6. The van der Waals surface area contributed by atoms with Gasteiger partial charge in [-0.25, -0.2) is 8.78 Å². The number of hydrogen-bond donors (Lipinski definition) is 2. The van der Waals surface area contributed by atoms with E-state index in [1.165, 1.54) is 22.9 Å². The van der Waals surface area contributed by atoms with Gasteiger partial charge in [-0.2, -0.15) is 0 Å². The van der Waals surface area contributed by atoms with Crippen molar-refractivity contribution in [3.05, 3.63) is 118 Å². The van der Waals surface area contributed by atoms with Gasteiger partial charge < -0.3 is 19.9 Å². The summed E-state index contributed by atoms with van der Waals surface area (Å²) in [5.41, 5.74) is -0.429. The van der Waals surface area contributed by atoms with Gasteiger partial charge in [0.1, 0.15) is 23.8 Å². The molecule has 0 aliphatic carbocycles. The molecule has 0 saturated heterocycles. The molecular weight excluding hydrogens is 492 g/mol. The van der Waals surface area contributed by atoms with Gasteiger partial charge in [-0.15, -0.1) is 6.58 Å². The van der Waals surface area contributed by atoms with E-state index in [1.807, 2.05) is 13.0 Å². The predicted octanol–water partition coefficient (Wildman–Crippen LogP) is 4.82. The van der Waals surface area contributed by atoms with E-state index in [1.54, 1.807) is 43.5 Å². The fourth-order valence-electron chi connectivity index (χ4n) is 3.46. The molecule has 2 aromatic carbocycles. The molecule has 38 heavy (non-hydrogen) atoms. The van der Waals surface area contributed by atoms with Crippen LogP contribution in [0.1, 0.15) is 52.2 Å². The Morgan fingerprint density at radius 3 is 2.53 bits per heavy atom. The summed E-state index contributed by atoms with van der Waals surface area (Å²) in [6.07, 6.45) is 6.67. The van der Waals surface area contributed by atoms with Crippen molar-refractivity contribution in [2.45, 2.75) is 39.5 Å². The topological polar surface area (TPSA) is 89.4 Å². The Bertz CT molecular complexity index is 1400. The third kappa shape index (κ3) is 7.03. The molecule has 0 spiro atoms. The fraction of sp³-hybridized carbons (Fsp3) is 0.207. The normalized spacial score (nSPS) is 11.7. The highest BCUT2D eigenvalue weighted by Gasteiger charge is 2.26. The van der Waals surface area contributed by atoms with Gasteiger partial charge in [-0.1, -0.05) is 55.5 Å². The second-order valence-corrected chi connectivity index (χ2v) is 8.44. The van der Waals surface area contributed by atoms with Crippen molar-refractivity contribution in [3.8, 4) is 5.75 Å². The maximum atomic E-state index is 14.0. The molecule has 198 valence electrons. The lowest BCUT2D eigenvalue weighted by Gasteiger charge is -2.18. The van der Waals surface area contributed by atoms with Crippen LogP contribution in [0.2, 0.25) is 0 Å². The van der Waals surface area contributed by atoms with E-state index in [4.69, 9.17) is 4.74 Å². The highest BCUT2D eigenvalue weighted by Crippen LogP contribution is 2.19. The SMILES string of the molecule is C=C[C@H](C)NC(=O)c1c(OCc2ccccc2)c(=O)c(C(=O)NCc2ccc(F)cc2F)cn1C=CCC. The number of aromatic nitrogens is 1. The zero-order valence-corrected chi connectivity index (χ0v) is 21.2. The Morgan fingerprint density at radius 1 is 1.13 bits per heavy atom. The molecule has 2 amide bonds. The zero-order valence-electron chi connectivity index (χ0n) is 21.2. The second kappa shape index (κ2) is 13.1. The fourth-order valence-corrected chi connectivity index (χ4v) is 3.46. The molecule has 1 heterocycles. The molecule has 0 saturated carbocycles. The van der Waals surface area contributed by atoms with Crippen LogP contribution in [0.15, 0.2) is 78.3 Å². The van der Waals surface area contributed by atoms with Gasteiger partial charge in [0.15, 0.2) is 11.4 Å². The number of pyridine rings is 1. The van der Waals surface area contributed by atoms with Crippen molar-refractivity contribution >= 4 is 18.0 Å². The van der Waals surface area contributed by atoms with Crippen LogP contribution >= 0.6 is 0 Å². The van der Waals surface area contributed by atoms with Gasteiger partial charge in [0.25, 0.3) is 11.8 Å². The zero-order chi connectivity index (χ0) is 27.7. The summed E-state index contributed by atoms with van der Waals surface area (Å²) in [5, 5.41) is 5.21. The Balaban J connectivity index is 2.06. The molecule has 3 aromatic rings. The predicted molar refractivity (Wildman–Crippen MR) is 142 cm³/mol. The van der Waals surface area contributed by atoms with Crippen LogP contribution in [0, 0.1) is 11.6 Å². The van der Waals surface area contributed by atoms with E-state index in [2.05, 4.69) is 17.2 Å². The van der Waals surface area contributed by atoms with E-state index < -0.39 is 34.9 Å². The number of benzene rings is 2. The van der Waals surface area contributed by atoms with Gasteiger partial charge in [-0.3, -0.25) is 14.4 Å². The molecule has 0 aliphatic rings. The minimum atomic E-state index is -0.830. The minimum absolute atomic E-state index is 0.0310. The number of carbonyl (C=O) groups is 2. The number of ether oxygens (including phenoxy) is 1. The number of halogens is 2. The highest BCUT2D eigenvalue weighted by atomic mass is 19.1. The number of hydrogen-bond acceptors (Lipinski definition) is 4. The lowest BCUT2D eigenvalue weighted by molar-refractivity contribution is 0.0923. The van der Waals surface area contributed by atoms with Crippen LogP contribution in [0.25, 0.3) is 6.20 Å². The minimum Gasteiger partial charge on any atom is -0.483 e. The van der Waals surface area contributed by atoms with Crippen LogP contribution in [0.4, 0.5) is 8.78 Å². The summed E-state index contributed by atoms with van der Waals surface area (Å²) in [5.74, 6) is -3.30. The van der Waals surface area contributed by atoms with Crippen molar-refractivity contribution in [3.63, 3.8) is 0 Å². The van der Waals surface area contributed by atoms with Crippen molar-refractivity contribution in [2.24, 2.45) is 0 Å². The number of amides is 2. The summed E-state index contributed by atoms with van der Waals surface area (Å²) in [4.78, 5) is 39.8. The first-order chi connectivity index (χ1) is 18.2. The Labute approximate surface area is 219 Å². The van der Waals surface area contributed by atoms with Crippen LogP contribution < -0.4 is 20.8 Å². The molecule has 1 aromatic heterocycles. The van der Waals surface area contributed by atoms with Crippen LogP contribution in [-0.2, 0) is 13.2 Å². The summed E-state index contributed by atoms with van der Waals surface area (Å²) in [6.45, 7) is 6.95. The average Bonchev–Trinajstić information content (AvgIpc) is 2.91. The first-order valence-electron chi connectivity index (χ1n) is 12.0. The lowest BCUT2D eigenvalue weighted by Crippen LogP contribution is -2.36. The first-order valence-corrected chi connectivity index (χ1v) is 12.0. The third-order valence-corrected chi connectivity index (χ3v) is 5.55. The Morgan fingerprint density at radius 2 is 1.87 bits per heavy atom. The smallest absolute Gasteiger partial charge is 0.272 e. The summed E-state index contributed by atoms with van der Waals surface area (Å²) >= 11 is 0. The standard InChI is InChI=1S/C29H29F2N3O4/c1-4-6-14-34-17-23(28(36)32-16-21-12-13-22(30)15-24(21)31)26(35)27(25(34)29(37)33-19(3)5-2)38-18-20-10-8-7-9-11-20/h5-15,17,19H,2,4,16,18H2,1,3H3,(H,32,36)(H,33,37)/t19-/m0/s1. The molecule has 7 nitrogen and oxygen atoms in total. The molecule has 1 atom stereocenters. The van der Waals surface area contributed by atoms with Crippen molar-refractivity contribution in [1.29, 1.82) is 0 Å². The quantitative estimate of drug-likeness (QED) is 0.354. The molecular formula is C29H29F2N3O4. The van der Waals surface area contributed by atoms with E-state index in [9.17, 15) is 23.2 Å². The van der Waals surface area contributed by atoms with Gasteiger partial charge >= 0.3 is 0 Å². The van der Waals surface area contributed by atoms with Gasteiger partial charge in [0.2, 0.25) is 5.43 Å². The third-order valence-electron chi connectivity index (χ3n) is 5.55. The van der Waals surface area contributed by atoms with Crippen LogP contribution in [0.3, 0.4) is 0 Å². The molecule has 0 aliphatic heterocycles. The number of rotatable bonds is 11. The molecule has 0 fully saturated rings. The van der Waals surface area contributed by atoms with Crippen LogP contribution in [0.5, 0.6) is 5.75 Å². The molecule has 0 radical (unpaired) electrons. The number of carbonyl (C=O) groups excluding carboxylic acids is 2. The molecule has 3 rings (SSSR count). The molecule has 9 heteroatoms. The number of nitrogens with one attached hydrogen (secondary N) is 2. The average molecular weight is 522 g/mol. The van der Waals surface area contributed by atoms with Crippen LogP contribution in [-0.4, -0.2) is 22.4 Å². The monoisotopic (exact) mass is 521 g/mol. The van der Waals surface area contributed by atoms with E-state index in [0.29, 0.717) is 12.5 Å². The summed E-state index contributed by atoms with van der Waals surface area (Å²) in [7, 11) is 0. The maximum Gasteiger partial charge on any atom is 0.272 e. The lowest BCUT2D eigenvalue weighted by atomic mass is 10.1. The second-order valence-electron chi connectivity index (χ2n) is 8.44. The molecule has 0 unspecified atom stereocenters. The number of allylic oxidation sites excluding steroid dienone is 1. The van der Waals surface area contributed by atoms with Gasteiger partial charge in [0.05, 0.1) is 0 Å². The van der Waals surface area contributed by atoms with Crippen molar-refractivity contribution in [2.75, 3.05) is 0 Å². The van der Waals surface area contributed by atoms with E-state index in [0.717, 1.165) is 11.6 Å². The van der Waals surface area contributed by atoms with E-state index >= 15 is 0 Å². The van der Waals surface area contributed by atoms with Crippen molar-refractivity contribution in [1.82, 2.24) is 15.2 Å². The number of nitrogens with zero attached hydrogens (tertiary/aromatic N) is 1. The highest BCUT2D eigenvalue weighted by molar-refractivity contribution is 5.99. The maximum absolute atomic E-state index is 14.0. The van der Waals surface area contributed by atoms with E-state index in [-0.39, 0.29) is 35.7 Å². The Kier molecular flexibility index (Phi) is 9.70. The summed E-state index contributed by atoms with van der Waals surface area (Å²) < 4.78 is 34.5. The molecule has 0 bridgehead atoms. The first kappa shape index (κ1) is 28.0. The molecule has 2 N–H and O–H groups in total. The van der Waals surface area contributed by atoms with Crippen molar-refractivity contribution < 1.29 is 23.1 Å².